The molecule has 2 heterocycles. The van der Waals surface area contributed by atoms with E-state index in [2.05, 4.69) is 25.8 Å². The molecule has 1 aromatic rings. The molecule has 2 rings (SSSR count). The summed E-state index contributed by atoms with van der Waals surface area (Å²) in [5.41, 5.74) is 1.27. The zero-order chi connectivity index (χ0) is 18.3. The second-order valence-electron chi connectivity index (χ2n) is 8.46. The van der Waals surface area contributed by atoms with Gasteiger partial charge in [0, 0.05) is 12.5 Å². The van der Waals surface area contributed by atoms with Crippen molar-refractivity contribution in [3.05, 3.63) is 23.4 Å². The van der Waals surface area contributed by atoms with Gasteiger partial charge in [-0.15, -0.1) is 0 Å². The predicted molar refractivity (Wildman–Crippen MR) is 96.4 cm³/mol. The van der Waals surface area contributed by atoms with Crippen LogP contribution in [0, 0.1) is 5.41 Å². The van der Waals surface area contributed by atoms with Crippen molar-refractivity contribution in [3.8, 4) is 5.88 Å². The molecule has 2 atom stereocenters. The minimum absolute atomic E-state index is 0.0155. The van der Waals surface area contributed by atoms with Gasteiger partial charge in [-0.2, -0.15) is 4.31 Å². The molecule has 0 bridgehead atoms. The van der Waals surface area contributed by atoms with Gasteiger partial charge in [0.1, 0.15) is 4.75 Å². The number of aromatic nitrogens is 1. The number of nitrogens with zero attached hydrogens (tertiary/aromatic N) is 2. The lowest BCUT2D eigenvalue weighted by molar-refractivity contribution is 0.0765. The average molecular weight is 353 g/mol. The summed E-state index contributed by atoms with van der Waals surface area (Å²) in [6.45, 7) is 12.1. The van der Waals surface area contributed by atoms with Crippen molar-refractivity contribution < 1.29 is 14.1 Å². The smallest absolute Gasteiger partial charge is 0.297 e. The van der Waals surface area contributed by atoms with E-state index in [0.717, 1.165) is 12.1 Å². The molecule has 134 valence electrons. The Morgan fingerprint density at radius 1 is 1.29 bits per heavy atom. The van der Waals surface area contributed by atoms with E-state index >= 15 is 0 Å². The molecule has 0 saturated carbocycles. The molecule has 5 nitrogen and oxygen atoms in total. The largest absolute Gasteiger partial charge is 0.592 e. The first-order valence-electron chi connectivity index (χ1n) is 8.23. The van der Waals surface area contributed by atoms with E-state index in [1.165, 1.54) is 0 Å². The highest BCUT2D eigenvalue weighted by molar-refractivity contribution is 7.91. The molecule has 0 aromatic carbocycles. The maximum Gasteiger partial charge on any atom is 0.297 e. The van der Waals surface area contributed by atoms with Crippen LogP contribution in [0.15, 0.2) is 12.1 Å². The number of pyridine rings is 1. The number of hydrogen-bond acceptors (Lipinski definition) is 4. The third-order valence-corrected chi connectivity index (χ3v) is 5.77. The first kappa shape index (κ1) is 19.1. The number of hydrogen-bond donors (Lipinski definition) is 0. The van der Waals surface area contributed by atoms with Gasteiger partial charge in [0.25, 0.3) is 5.91 Å². The summed E-state index contributed by atoms with van der Waals surface area (Å²) in [6, 6.07) is 3.27. The van der Waals surface area contributed by atoms with Crippen molar-refractivity contribution in [1.29, 1.82) is 0 Å². The van der Waals surface area contributed by atoms with Gasteiger partial charge in [-0.1, -0.05) is 20.8 Å². The second kappa shape index (κ2) is 6.56. The number of carbonyl (C=O) groups is 1. The molecule has 0 N–H and O–H groups in total. The second-order valence-corrected chi connectivity index (χ2v) is 10.6. The fourth-order valence-electron chi connectivity index (χ4n) is 2.90. The molecular weight excluding hydrogens is 324 g/mol. The highest BCUT2D eigenvalue weighted by atomic mass is 32.2. The van der Waals surface area contributed by atoms with Gasteiger partial charge in [0.2, 0.25) is 5.88 Å². The van der Waals surface area contributed by atoms with Crippen LogP contribution in [0.1, 0.15) is 64.0 Å². The van der Waals surface area contributed by atoms with E-state index < -0.39 is 16.1 Å². The van der Waals surface area contributed by atoms with Crippen LogP contribution in [0.4, 0.5) is 0 Å². The predicted octanol–water partition coefficient (Wildman–Crippen LogP) is 3.36. The van der Waals surface area contributed by atoms with E-state index in [4.69, 9.17) is 4.74 Å². The van der Waals surface area contributed by atoms with Crippen LogP contribution in [0.25, 0.3) is 0 Å². The van der Waals surface area contributed by atoms with Gasteiger partial charge in [0.05, 0.1) is 35.8 Å². The summed E-state index contributed by atoms with van der Waals surface area (Å²) in [6.07, 6.45) is 1.36. The fraction of sp³-hybridized carbons (Fsp3) is 0.667. The monoisotopic (exact) mass is 352 g/mol. The fourth-order valence-corrected chi connectivity index (χ4v) is 4.16. The summed E-state index contributed by atoms with van der Waals surface area (Å²) in [5, 5.41) is 0. The molecule has 6 heteroatoms. The lowest BCUT2D eigenvalue weighted by Gasteiger charge is -2.41. The van der Waals surface area contributed by atoms with Crippen molar-refractivity contribution >= 4 is 17.3 Å². The summed E-state index contributed by atoms with van der Waals surface area (Å²) in [7, 11) is 1.56. The molecule has 1 aliphatic rings. The lowest BCUT2D eigenvalue weighted by Crippen LogP contribution is -2.55. The van der Waals surface area contributed by atoms with Crippen LogP contribution in [-0.4, -0.2) is 37.6 Å². The molecule has 1 aliphatic heterocycles. The number of methoxy groups -OCH3 is 1. The third kappa shape index (κ3) is 4.03. The Morgan fingerprint density at radius 3 is 2.42 bits per heavy atom. The molecule has 1 aromatic heterocycles. The van der Waals surface area contributed by atoms with E-state index in [0.29, 0.717) is 17.9 Å². The number of ether oxygens (including phenoxy) is 1. The standard InChI is InChI=1S/C18H28N2O3S/c1-17(2,3)11-12-10-14-13(8-9-15(19-14)23-7)16(21)20(12)24(22)18(4,5)6/h8-9,12H,10-11H2,1-7H3. The zero-order valence-corrected chi connectivity index (χ0v) is 16.5. The Hall–Kier alpha value is -1.27. The van der Waals surface area contributed by atoms with E-state index in [9.17, 15) is 9.35 Å². The third-order valence-electron chi connectivity index (χ3n) is 3.90. The van der Waals surface area contributed by atoms with Crippen LogP contribution >= 0.6 is 0 Å². The highest BCUT2D eigenvalue weighted by Crippen LogP contribution is 2.35. The molecule has 1 amide bonds. The highest BCUT2D eigenvalue weighted by Gasteiger charge is 2.46. The van der Waals surface area contributed by atoms with Crippen molar-refractivity contribution in [2.24, 2.45) is 5.41 Å². The Balaban J connectivity index is 2.47. The maximum atomic E-state index is 13.1. The van der Waals surface area contributed by atoms with Gasteiger partial charge in [-0.05, 0) is 38.7 Å². The molecule has 0 spiro atoms. The number of carbonyl (C=O) groups excluding carboxylic acids is 1. The van der Waals surface area contributed by atoms with Gasteiger partial charge in [-0.25, -0.2) is 4.98 Å². The van der Waals surface area contributed by atoms with Crippen molar-refractivity contribution in [3.63, 3.8) is 0 Å². The van der Waals surface area contributed by atoms with Crippen molar-refractivity contribution in [1.82, 2.24) is 9.29 Å². The van der Waals surface area contributed by atoms with Crippen LogP contribution in [0.5, 0.6) is 5.88 Å². The lowest BCUT2D eigenvalue weighted by atomic mass is 9.84. The molecule has 0 radical (unpaired) electrons. The van der Waals surface area contributed by atoms with E-state index in [1.807, 2.05) is 20.8 Å². The van der Waals surface area contributed by atoms with Crippen LogP contribution in [0.3, 0.4) is 0 Å². The Bertz CT molecular complexity index is 620. The first-order chi connectivity index (χ1) is 10.9. The normalized spacial score (nSPS) is 19.9. The average Bonchev–Trinajstić information content (AvgIpc) is 2.43. The maximum absolute atomic E-state index is 13.1. The number of fused-ring (bicyclic) bond motifs is 1. The summed E-state index contributed by atoms with van der Waals surface area (Å²) in [4.78, 5) is 17.5. The quantitative estimate of drug-likeness (QED) is 0.783. The minimum Gasteiger partial charge on any atom is -0.592 e. The SMILES string of the molecule is COc1ccc2c(n1)CC(CC(C)(C)C)N([S+]([O-])C(C)(C)C)C2=O. The Labute approximate surface area is 148 Å². The molecule has 24 heavy (non-hydrogen) atoms. The van der Waals surface area contributed by atoms with Gasteiger partial charge >= 0.3 is 0 Å². The van der Waals surface area contributed by atoms with Gasteiger partial charge in [-0.3, -0.25) is 4.79 Å². The Kier molecular flexibility index (Phi) is 5.21. The van der Waals surface area contributed by atoms with Crippen molar-refractivity contribution in [2.45, 2.75) is 65.2 Å². The Morgan fingerprint density at radius 2 is 1.92 bits per heavy atom. The van der Waals surface area contributed by atoms with Crippen molar-refractivity contribution in [2.75, 3.05) is 7.11 Å². The first-order valence-corrected chi connectivity index (χ1v) is 9.34. The topological polar surface area (TPSA) is 65.5 Å². The van der Waals surface area contributed by atoms with E-state index in [1.54, 1.807) is 23.5 Å². The number of rotatable bonds is 3. The molecule has 0 fully saturated rings. The van der Waals surface area contributed by atoms with E-state index in [-0.39, 0.29) is 17.4 Å². The van der Waals surface area contributed by atoms with Crippen LogP contribution in [0.2, 0.25) is 0 Å². The molecule has 2 unspecified atom stereocenters. The van der Waals surface area contributed by atoms with Gasteiger partial charge in [0.15, 0.2) is 0 Å². The van der Waals surface area contributed by atoms with Gasteiger partial charge < -0.3 is 9.29 Å². The molecule has 0 aliphatic carbocycles. The van der Waals surface area contributed by atoms with Crippen LogP contribution < -0.4 is 4.74 Å². The zero-order valence-electron chi connectivity index (χ0n) is 15.7. The molecular formula is C18H28N2O3S. The van der Waals surface area contributed by atoms with Crippen LogP contribution in [-0.2, 0) is 17.8 Å². The number of amides is 1. The summed E-state index contributed by atoms with van der Waals surface area (Å²) in [5.74, 6) is 0.301. The summed E-state index contributed by atoms with van der Waals surface area (Å²) >= 11 is -1.41. The molecule has 0 saturated heterocycles. The minimum atomic E-state index is -1.41. The summed E-state index contributed by atoms with van der Waals surface area (Å²) < 4.78 is 19.3.